The van der Waals surface area contributed by atoms with Gasteiger partial charge in [0.2, 0.25) is 5.91 Å². The molecule has 3 aromatic heterocycles. The van der Waals surface area contributed by atoms with E-state index in [4.69, 9.17) is 9.47 Å². The predicted octanol–water partition coefficient (Wildman–Crippen LogP) is 2.13. The molecule has 0 radical (unpaired) electrons. The molecule has 0 unspecified atom stereocenters. The highest BCUT2D eigenvalue weighted by molar-refractivity contribution is 6.09. The van der Waals surface area contributed by atoms with Gasteiger partial charge >= 0.3 is 6.61 Å². The van der Waals surface area contributed by atoms with Crippen molar-refractivity contribution < 1.29 is 27.8 Å². The van der Waals surface area contributed by atoms with Crippen LogP contribution in [0.25, 0.3) is 16.9 Å². The molecule has 13 heteroatoms. The number of benzene rings is 1. The minimum atomic E-state index is -3.08. The highest BCUT2D eigenvalue weighted by Gasteiger charge is 2.25. The molecule has 0 saturated carbocycles. The lowest BCUT2D eigenvalue weighted by atomic mass is 10.0. The summed E-state index contributed by atoms with van der Waals surface area (Å²) >= 11 is 0. The first-order chi connectivity index (χ1) is 16.9. The van der Waals surface area contributed by atoms with Crippen molar-refractivity contribution >= 4 is 23.1 Å². The number of likely N-dealkylation sites (N-methyl/N-ethyl adjacent to an activating group) is 1. The van der Waals surface area contributed by atoms with E-state index in [9.17, 15) is 18.4 Å². The Labute approximate surface area is 196 Å². The number of halogens is 2. The average molecular weight is 483 g/mol. The third-order valence-corrected chi connectivity index (χ3v) is 5.38. The lowest BCUT2D eigenvalue weighted by molar-refractivity contribution is -0.121. The molecule has 4 heterocycles. The first-order valence-corrected chi connectivity index (χ1v) is 10.6. The van der Waals surface area contributed by atoms with Crippen LogP contribution in [-0.2, 0) is 17.8 Å². The Morgan fingerprint density at radius 2 is 2.17 bits per heavy atom. The van der Waals surface area contributed by atoms with Crippen molar-refractivity contribution in [2.45, 2.75) is 19.6 Å². The summed E-state index contributed by atoms with van der Waals surface area (Å²) in [5, 5.41) is 13.7. The monoisotopic (exact) mass is 483 g/mol. The second kappa shape index (κ2) is 9.00. The molecule has 2 amide bonds. The molecule has 0 atom stereocenters. The predicted molar refractivity (Wildman–Crippen MR) is 119 cm³/mol. The Bertz CT molecular complexity index is 1430. The van der Waals surface area contributed by atoms with Gasteiger partial charge in [0, 0.05) is 37.6 Å². The van der Waals surface area contributed by atoms with Crippen LogP contribution in [0.3, 0.4) is 0 Å². The van der Waals surface area contributed by atoms with Crippen LogP contribution in [0, 0.1) is 0 Å². The largest absolute Gasteiger partial charge is 0.493 e. The minimum Gasteiger partial charge on any atom is -0.493 e. The molecule has 5 rings (SSSR count). The first kappa shape index (κ1) is 22.3. The van der Waals surface area contributed by atoms with E-state index in [0.29, 0.717) is 24.4 Å². The van der Waals surface area contributed by atoms with Gasteiger partial charge in [0.15, 0.2) is 5.65 Å². The van der Waals surface area contributed by atoms with Crippen LogP contribution >= 0.6 is 0 Å². The zero-order chi connectivity index (χ0) is 24.5. The number of ether oxygens (including phenoxy) is 2. The Morgan fingerprint density at radius 3 is 2.97 bits per heavy atom. The van der Waals surface area contributed by atoms with E-state index < -0.39 is 12.5 Å². The number of aromatic nitrogens is 5. The molecule has 0 saturated heterocycles. The molecule has 0 aliphatic carbocycles. The fraction of sp³-hybridized carbons (Fsp3) is 0.227. The van der Waals surface area contributed by atoms with Gasteiger partial charge in [0.1, 0.15) is 29.3 Å². The van der Waals surface area contributed by atoms with E-state index in [1.165, 1.54) is 40.9 Å². The lowest BCUT2D eigenvalue weighted by Gasteiger charge is -2.13. The van der Waals surface area contributed by atoms with Crippen LogP contribution < -0.4 is 20.1 Å². The Hall–Kier alpha value is -4.55. The van der Waals surface area contributed by atoms with E-state index >= 15 is 0 Å². The summed E-state index contributed by atoms with van der Waals surface area (Å²) in [5.41, 5.74) is 1.72. The van der Waals surface area contributed by atoms with Crippen molar-refractivity contribution in [3.63, 3.8) is 0 Å². The van der Waals surface area contributed by atoms with Crippen molar-refractivity contribution in [3.05, 3.63) is 54.1 Å². The molecule has 4 aromatic rings. The van der Waals surface area contributed by atoms with Crippen LogP contribution in [0.1, 0.15) is 15.9 Å². The molecule has 180 valence electrons. The van der Waals surface area contributed by atoms with Gasteiger partial charge < -0.3 is 20.1 Å². The molecule has 1 aromatic carbocycles. The van der Waals surface area contributed by atoms with Gasteiger partial charge in [-0.15, -0.1) is 0 Å². The van der Waals surface area contributed by atoms with Crippen molar-refractivity contribution in [1.29, 1.82) is 0 Å². The molecule has 2 N–H and O–H groups in total. The second-order valence-corrected chi connectivity index (χ2v) is 7.60. The second-order valence-electron chi connectivity index (χ2n) is 7.60. The molecule has 0 bridgehead atoms. The van der Waals surface area contributed by atoms with E-state index in [1.807, 2.05) is 0 Å². The topological polar surface area (TPSA) is 125 Å². The fourth-order valence-electron chi connectivity index (χ4n) is 3.78. The number of nitrogens with one attached hydrogen (secondary N) is 2. The van der Waals surface area contributed by atoms with Crippen molar-refractivity contribution in [3.8, 4) is 22.8 Å². The van der Waals surface area contributed by atoms with Crippen LogP contribution in [0.5, 0.6) is 11.5 Å². The van der Waals surface area contributed by atoms with Crippen LogP contribution in [0.15, 0.2) is 43.0 Å². The van der Waals surface area contributed by atoms with E-state index in [2.05, 4.69) is 25.8 Å². The third-order valence-electron chi connectivity index (χ3n) is 5.38. The van der Waals surface area contributed by atoms with Gasteiger partial charge in [-0.25, -0.2) is 9.50 Å². The van der Waals surface area contributed by atoms with Crippen molar-refractivity contribution in [1.82, 2.24) is 29.7 Å². The van der Waals surface area contributed by atoms with Crippen molar-refractivity contribution in [2.75, 3.05) is 19.0 Å². The fourth-order valence-corrected chi connectivity index (χ4v) is 3.78. The number of carbonyl (C=O) groups is 2. The summed E-state index contributed by atoms with van der Waals surface area (Å²) in [4.78, 5) is 29.2. The lowest BCUT2D eigenvalue weighted by Crippen LogP contribution is -2.23. The smallest absolute Gasteiger partial charge is 0.387 e. The number of amides is 2. The maximum absolute atomic E-state index is 13.2. The molecule has 1 aliphatic heterocycles. The number of anilines is 1. The molecule has 11 nitrogen and oxygen atoms in total. The van der Waals surface area contributed by atoms with E-state index in [1.54, 1.807) is 18.3 Å². The first-order valence-electron chi connectivity index (χ1n) is 10.6. The van der Waals surface area contributed by atoms with Crippen molar-refractivity contribution in [2.24, 2.45) is 0 Å². The van der Waals surface area contributed by atoms with E-state index in [-0.39, 0.29) is 40.7 Å². The van der Waals surface area contributed by atoms with Gasteiger partial charge in [-0.1, -0.05) is 0 Å². The number of nitrogens with zero attached hydrogens (tertiary/aromatic N) is 5. The highest BCUT2D eigenvalue weighted by Crippen LogP contribution is 2.41. The number of rotatable bonds is 7. The van der Waals surface area contributed by atoms with Gasteiger partial charge in [0.05, 0.1) is 24.1 Å². The van der Waals surface area contributed by atoms with Gasteiger partial charge in [-0.05, 0) is 18.2 Å². The number of fused-ring (bicyclic) bond motifs is 2. The summed E-state index contributed by atoms with van der Waals surface area (Å²) in [6.07, 6.45) is 6.51. The SMILES string of the molecule is CNC(=O)Cn1cc(NC(=O)c2cnn3cccnc23)c(-c2cc3c(cc2OC(F)F)CCO3)n1. The van der Waals surface area contributed by atoms with Gasteiger partial charge in [0.25, 0.3) is 5.91 Å². The zero-order valence-corrected chi connectivity index (χ0v) is 18.4. The van der Waals surface area contributed by atoms with E-state index in [0.717, 1.165) is 5.56 Å². The maximum Gasteiger partial charge on any atom is 0.387 e. The summed E-state index contributed by atoms with van der Waals surface area (Å²) in [6.45, 7) is -2.84. The van der Waals surface area contributed by atoms with Crippen LogP contribution in [-0.4, -0.2) is 56.5 Å². The number of carbonyl (C=O) groups excluding carboxylic acids is 2. The molecule has 0 spiro atoms. The quantitative estimate of drug-likeness (QED) is 0.413. The maximum atomic E-state index is 13.2. The normalized spacial score (nSPS) is 12.5. The summed E-state index contributed by atoms with van der Waals surface area (Å²) in [6, 6.07) is 4.69. The molecular formula is C22H19F2N7O4. The summed E-state index contributed by atoms with van der Waals surface area (Å²) < 4.78 is 39.5. The standard InChI is InChI=1S/C22H19F2N7O4/c1-25-18(32)11-30-10-15(28-21(33)14-9-27-31-5-2-4-26-20(14)31)19(29-30)13-8-16-12(3-6-34-16)7-17(13)35-22(23)24/h2,4-5,7-10,22H,3,6,11H2,1H3,(H,25,32)(H,28,33). The summed E-state index contributed by atoms with van der Waals surface area (Å²) in [7, 11) is 1.47. The Kier molecular flexibility index (Phi) is 5.73. The third kappa shape index (κ3) is 4.35. The molecule has 1 aliphatic rings. The Balaban J connectivity index is 1.58. The van der Waals surface area contributed by atoms with Crippen LogP contribution in [0.2, 0.25) is 0 Å². The Morgan fingerprint density at radius 1 is 1.31 bits per heavy atom. The minimum absolute atomic E-state index is 0.123. The molecule has 0 fully saturated rings. The zero-order valence-electron chi connectivity index (χ0n) is 18.4. The number of alkyl halides is 2. The molecule has 35 heavy (non-hydrogen) atoms. The number of hydrogen-bond acceptors (Lipinski definition) is 7. The van der Waals surface area contributed by atoms with Gasteiger partial charge in [-0.2, -0.15) is 19.0 Å². The highest BCUT2D eigenvalue weighted by atomic mass is 19.3. The van der Waals surface area contributed by atoms with Gasteiger partial charge in [-0.3, -0.25) is 14.3 Å². The molecular weight excluding hydrogens is 464 g/mol. The average Bonchev–Trinajstić information content (AvgIpc) is 3.56. The summed E-state index contributed by atoms with van der Waals surface area (Å²) in [5.74, 6) is -0.507. The van der Waals surface area contributed by atoms with Crippen LogP contribution in [0.4, 0.5) is 14.5 Å². The number of hydrogen-bond donors (Lipinski definition) is 2.